The Balaban J connectivity index is 1.44. The Labute approximate surface area is 159 Å². The predicted octanol–water partition coefficient (Wildman–Crippen LogP) is 1.98. The van der Waals surface area contributed by atoms with Crippen LogP contribution in [0.4, 0.5) is 17.1 Å². The summed E-state index contributed by atoms with van der Waals surface area (Å²) in [4.78, 5) is 28.8. The number of para-hydroxylation sites is 1. The summed E-state index contributed by atoms with van der Waals surface area (Å²) < 4.78 is 5.75. The Hall–Kier alpha value is -2.34. The largest absolute Gasteiger partial charge is 0.377 e. The molecule has 144 valence electrons. The van der Waals surface area contributed by atoms with Crippen LogP contribution in [0.3, 0.4) is 0 Å². The van der Waals surface area contributed by atoms with Crippen LogP contribution in [0.1, 0.15) is 26.7 Å². The third kappa shape index (κ3) is 3.58. The predicted molar refractivity (Wildman–Crippen MR) is 109 cm³/mol. The number of hydrogen-bond acceptors (Lipinski definition) is 6. The fourth-order valence-electron chi connectivity index (χ4n) is 4.20. The van der Waals surface area contributed by atoms with E-state index in [0.717, 1.165) is 39.0 Å². The molecule has 6 nitrogen and oxygen atoms in total. The Morgan fingerprint density at radius 2 is 1.67 bits per heavy atom. The highest BCUT2D eigenvalue weighted by molar-refractivity contribution is 5.76. The van der Waals surface area contributed by atoms with Crippen LogP contribution in [-0.4, -0.2) is 44.4 Å². The molecule has 0 saturated carbocycles. The molecule has 0 bridgehead atoms. The van der Waals surface area contributed by atoms with Crippen molar-refractivity contribution < 1.29 is 4.74 Å². The fraction of sp³-hybridized carbons (Fsp3) is 0.524. The van der Waals surface area contributed by atoms with Crippen LogP contribution in [0.2, 0.25) is 0 Å². The molecule has 0 unspecified atom stereocenters. The van der Waals surface area contributed by atoms with Gasteiger partial charge in [-0.15, -0.1) is 0 Å². The number of anilines is 3. The summed E-state index contributed by atoms with van der Waals surface area (Å²) in [5.74, 6) is 0. The van der Waals surface area contributed by atoms with Gasteiger partial charge in [0.15, 0.2) is 0 Å². The third-order valence-corrected chi connectivity index (χ3v) is 5.65. The van der Waals surface area contributed by atoms with E-state index in [9.17, 15) is 9.59 Å². The lowest BCUT2D eigenvalue weighted by Gasteiger charge is -2.40. The second-order valence-corrected chi connectivity index (χ2v) is 8.13. The second kappa shape index (κ2) is 7.00. The van der Waals surface area contributed by atoms with Crippen molar-refractivity contribution in [1.82, 2.24) is 0 Å². The minimum Gasteiger partial charge on any atom is -0.377 e. The van der Waals surface area contributed by atoms with Crippen molar-refractivity contribution in [2.45, 2.75) is 38.3 Å². The fourth-order valence-corrected chi connectivity index (χ4v) is 4.20. The van der Waals surface area contributed by atoms with Crippen LogP contribution in [-0.2, 0) is 4.74 Å². The molecule has 6 heteroatoms. The lowest BCUT2D eigenvalue weighted by atomic mass is 9.93. The number of nitrogens with one attached hydrogen (secondary N) is 1. The number of benzene rings is 1. The Morgan fingerprint density at radius 1 is 1.00 bits per heavy atom. The summed E-state index contributed by atoms with van der Waals surface area (Å²) >= 11 is 0. The summed E-state index contributed by atoms with van der Waals surface area (Å²) in [6.07, 6.45) is 1.68. The quantitative estimate of drug-likeness (QED) is 0.832. The van der Waals surface area contributed by atoms with E-state index in [1.54, 1.807) is 0 Å². The van der Waals surface area contributed by atoms with Gasteiger partial charge in [-0.25, -0.2) is 0 Å². The number of piperazine rings is 1. The molecular formula is C21H27N3O3. The van der Waals surface area contributed by atoms with Gasteiger partial charge in [-0.2, -0.15) is 0 Å². The lowest BCUT2D eigenvalue weighted by molar-refractivity contribution is -0.0553. The van der Waals surface area contributed by atoms with Crippen LogP contribution in [0.15, 0.2) is 39.9 Å². The van der Waals surface area contributed by atoms with Crippen LogP contribution in [0.25, 0.3) is 0 Å². The molecule has 4 rings (SSSR count). The average Bonchev–Trinajstić information content (AvgIpc) is 2.68. The first-order chi connectivity index (χ1) is 12.9. The molecule has 0 amide bonds. The first-order valence-electron chi connectivity index (χ1n) is 9.73. The van der Waals surface area contributed by atoms with Crippen molar-refractivity contribution in [3.8, 4) is 0 Å². The van der Waals surface area contributed by atoms with E-state index in [1.807, 2.05) is 18.2 Å². The first kappa shape index (κ1) is 18.0. The van der Waals surface area contributed by atoms with Gasteiger partial charge in [0.1, 0.15) is 11.4 Å². The highest BCUT2D eigenvalue weighted by atomic mass is 16.5. The summed E-state index contributed by atoms with van der Waals surface area (Å²) in [7, 11) is 0. The first-order valence-corrected chi connectivity index (χ1v) is 9.73. The van der Waals surface area contributed by atoms with E-state index in [2.05, 4.69) is 41.1 Å². The molecule has 2 aliphatic rings. The van der Waals surface area contributed by atoms with Gasteiger partial charge in [0.2, 0.25) is 0 Å². The molecule has 27 heavy (non-hydrogen) atoms. The minimum atomic E-state index is -0.375. The summed E-state index contributed by atoms with van der Waals surface area (Å²) in [6.45, 7) is 7.96. The van der Waals surface area contributed by atoms with Gasteiger partial charge in [0.05, 0.1) is 5.60 Å². The third-order valence-electron chi connectivity index (χ3n) is 5.65. The Morgan fingerprint density at radius 3 is 2.33 bits per heavy atom. The molecule has 1 N–H and O–H groups in total. The number of hydrogen-bond donors (Lipinski definition) is 1. The van der Waals surface area contributed by atoms with Gasteiger partial charge >= 0.3 is 0 Å². The van der Waals surface area contributed by atoms with Gasteiger partial charge < -0.3 is 19.9 Å². The SMILES string of the molecule is CC1(C)C[C@H](Nc2c(N3CCN(c4ccccc4)CC3)c(=O)c2=O)CCO1. The highest BCUT2D eigenvalue weighted by Gasteiger charge is 2.33. The van der Waals surface area contributed by atoms with Crippen molar-refractivity contribution >= 4 is 17.1 Å². The highest BCUT2D eigenvalue weighted by Crippen LogP contribution is 2.29. The van der Waals surface area contributed by atoms with Crippen molar-refractivity contribution in [3.63, 3.8) is 0 Å². The van der Waals surface area contributed by atoms with Gasteiger partial charge in [-0.1, -0.05) is 18.2 Å². The van der Waals surface area contributed by atoms with Gasteiger partial charge in [0.25, 0.3) is 10.9 Å². The molecule has 2 aromatic carbocycles. The van der Waals surface area contributed by atoms with E-state index in [1.165, 1.54) is 5.69 Å². The van der Waals surface area contributed by atoms with Crippen LogP contribution in [0, 0.1) is 0 Å². The monoisotopic (exact) mass is 369 g/mol. The summed E-state index contributed by atoms with van der Waals surface area (Å²) in [6, 6.07) is 10.5. The standard InChI is InChI=1S/C21H27N3O3/c1-21(2)14-15(8-13-27-21)22-17-18(20(26)19(17)25)24-11-9-23(10-12-24)16-6-4-3-5-7-16/h3-7,15,22H,8-14H2,1-2H3/t15-/m1/s1. The molecule has 2 fully saturated rings. The minimum absolute atomic E-state index is 0.168. The molecule has 2 heterocycles. The van der Waals surface area contributed by atoms with Crippen molar-refractivity contribution in [1.29, 1.82) is 0 Å². The van der Waals surface area contributed by atoms with Crippen LogP contribution >= 0.6 is 0 Å². The van der Waals surface area contributed by atoms with Crippen molar-refractivity contribution in [3.05, 3.63) is 50.8 Å². The molecule has 0 aliphatic carbocycles. The molecular weight excluding hydrogens is 342 g/mol. The smallest absolute Gasteiger partial charge is 0.253 e. The number of rotatable bonds is 4. The molecule has 2 aliphatic heterocycles. The molecule has 0 radical (unpaired) electrons. The maximum absolute atomic E-state index is 12.3. The topological polar surface area (TPSA) is 61.9 Å². The van der Waals surface area contributed by atoms with Crippen LogP contribution < -0.4 is 26.0 Å². The van der Waals surface area contributed by atoms with E-state index >= 15 is 0 Å². The zero-order valence-electron chi connectivity index (χ0n) is 16.0. The maximum Gasteiger partial charge on any atom is 0.253 e. The number of nitrogens with zero attached hydrogens (tertiary/aromatic N) is 2. The van der Waals surface area contributed by atoms with Crippen molar-refractivity contribution in [2.24, 2.45) is 0 Å². The van der Waals surface area contributed by atoms with Gasteiger partial charge in [-0.3, -0.25) is 9.59 Å². The molecule has 1 atom stereocenters. The van der Waals surface area contributed by atoms with E-state index in [0.29, 0.717) is 18.0 Å². The summed E-state index contributed by atoms with van der Waals surface area (Å²) in [5, 5.41) is 3.36. The molecule has 2 aromatic rings. The van der Waals surface area contributed by atoms with Gasteiger partial charge in [0, 0.05) is 44.5 Å². The molecule has 0 spiro atoms. The Kier molecular flexibility index (Phi) is 4.68. The second-order valence-electron chi connectivity index (χ2n) is 8.13. The Bertz CT molecular complexity index is 863. The average molecular weight is 369 g/mol. The maximum atomic E-state index is 12.3. The molecule has 0 aromatic heterocycles. The zero-order chi connectivity index (χ0) is 19.0. The number of ether oxygens (including phenoxy) is 1. The zero-order valence-corrected chi connectivity index (χ0v) is 16.0. The van der Waals surface area contributed by atoms with Crippen LogP contribution in [0.5, 0.6) is 0 Å². The van der Waals surface area contributed by atoms with Gasteiger partial charge in [-0.05, 0) is 38.8 Å². The molecule has 2 saturated heterocycles. The normalized spacial score (nSPS) is 22.8. The summed E-state index contributed by atoms with van der Waals surface area (Å²) in [5.41, 5.74) is 1.36. The van der Waals surface area contributed by atoms with E-state index in [-0.39, 0.29) is 22.5 Å². The lowest BCUT2D eigenvalue weighted by Crippen LogP contribution is -2.52. The van der Waals surface area contributed by atoms with E-state index in [4.69, 9.17) is 4.74 Å². The van der Waals surface area contributed by atoms with Crippen molar-refractivity contribution in [2.75, 3.05) is 47.9 Å². The van der Waals surface area contributed by atoms with E-state index < -0.39 is 0 Å².